The van der Waals surface area contributed by atoms with Crippen molar-refractivity contribution >= 4 is 17.0 Å². The lowest BCUT2D eigenvalue weighted by atomic mass is 10.1. The molecule has 0 bridgehead atoms. The second-order valence-electron chi connectivity index (χ2n) is 4.27. The van der Waals surface area contributed by atoms with Gasteiger partial charge in [-0.15, -0.1) is 11.3 Å². The van der Waals surface area contributed by atoms with Crippen molar-refractivity contribution in [2.75, 3.05) is 18.5 Å². The minimum Gasteiger partial charge on any atom is -0.374 e. The predicted octanol–water partition coefficient (Wildman–Crippen LogP) is 3.11. The molecular formula is C13H14N2S. The van der Waals surface area contributed by atoms with Crippen molar-refractivity contribution in [3.63, 3.8) is 0 Å². The quantitative estimate of drug-likeness (QED) is 0.748. The molecule has 1 aliphatic rings. The van der Waals surface area contributed by atoms with Crippen molar-refractivity contribution in [3.05, 3.63) is 34.2 Å². The maximum atomic E-state index is 4.53. The predicted molar refractivity (Wildman–Crippen MR) is 69.3 cm³/mol. The molecule has 0 amide bonds. The van der Waals surface area contributed by atoms with Crippen molar-refractivity contribution in [2.24, 2.45) is 0 Å². The summed E-state index contributed by atoms with van der Waals surface area (Å²) in [6.07, 6.45) is 1.16. The Hall–Kier alpha value is -1.35. The van der Waals surface area contributed by atoms with Gasteiger partial charge in [0.1, 0.15) is 0 Å². The van der Waals surface area contributed by atoms with Gasteiger partial charge in [-0.25, -0.2) is 4.98 Å². The third-order valence-electron chi connectivity index (χ3n) is 3.12. The largest absolute Gasteiger partial charge is 0.374 e. The molecule has 0 N–H and O–H groups in total. The van der Waals surface area contributed by atoms with Crippen LogP contribution < -0.4 is 4.90 Å². The fourth-order valence-electron chi connectivity index (χ4n) is 2.22. The van der Waals surface area contributed by atoms with E-state index in [-0.39, 0.29) is 0 Å². The average molecular weight is 230 g/mol. The van der Waals surface area contributed by atoms with Crippen molar-refractivity contribution in [2.45, 2.75) is 13.3 Å². The van der Waals surface area contributed by atoms with Gasteiger partial charge >= 0.3 is 0 Å². The highest BCUT2D eigenvalue weighted by Crippen LogP contribution is 2.31. The monoisotopic (exact) mass is 230 g/mol. The Bertz CT molecular complexity index is 530. The fourth-order valence-corrected chi connectivity index (χ4v) is 2.84. The number of hydrogen-bond acceptors (Lipinski definition) is 3. The van der Waals surface area contributed by atoms with Crippen LogP contribution in [0.2, 0.25) is 0 Å². The SMILES string of the molecule is Cc1nc(-c2ccc3c(c2)CCN3C)cs1. The number of nitrogens with zero attached hydrogens (tertiary/aromatic N) is 2. The number of benzene rings is 1. The second kappa shape index (κ2) is 3.59. The Labute approximate surface area is 99.6 Å². The minimum atomic E-state index is 1.11. The molecule has 2 nitrogen and oxygen atoms in total. The van der Waals surface area contributed by atoms with Crippen LogP contribution in [-0.2, 0) is 6.42 Å². The number of aromatic nitrogens is 1. The molecule has 2 heterocycles. The number of fused-ring (bicyclic) bond motifs is 1. The summed E-state index contributed by atoms with van der Waals surface area (Å²) in [6.45, 7) is 3.18. The standard InChI is InChI=1S/C13H14N2S/c1-9-14-12(8-16-9)10-3-4-13-11(7-10)5-6-15(13)2/h3-4,7-8H,5-6H2,1-2H3. The zero-order chi connectivity index (χ0) is 11.1. The Balaban J connectivity index is 2.05. The summed E-state index contributed by atoms with van der Waals surface area (Å²) in [6, 6.07) is 6.68. The van der Waals surface area contributed by atoms with Gasteiger partial charge in [-0.3, -0.25) is 0 Å². The summed E-state index contributed by atoms with van der Waals surface area (Å²) in [5, 5.41) is 3.27. The molecule has 0 saturated carbocycles. The molecule has 1 aliphatic heterocycles. The zero-order valence-electron chi connectivity index (χ0n) is 9.53. The molecule has 3 heteroatoms. The van der Waals surface area contributed by atoms with Crippen LogP contribution in [0, 0.1) is 6.92 Å². The number of rotatable bonds is 1. The summed E-state index contributed by atoms with van der Waals surface area (Å²) in [7, 11) is 2.15. The highest BCUT2D eigenvalue weighted by Gasteiger charge is 2.16. The van der Waals surface area contributed by atoms with E-state index < -0.39 is 0 Å². The first-order valence-electron chi connectivity index (χ1n) is 5.50. The first-order valence-corrected chi connectivity index (χ1v) is 6.38. The van der Waals surface area contributed by atoms with Gasteiger partial charge in [-0.05, 0) is 31.0 Å². The van der Waals surface area contributed by atoms with E-state index in [2.05, 4.69) is 47.4 Å². The highest BCUT2D eigenvalue weighted by molar-refractivity contribution is 7.09. The zero-order valence-corrected chi connectivity index (χ0v) is 10.3. The molecule has 0 radical (unpaired) electrons. The molecule has 0 atom stereocenters. The van der Waals surface area contributed by atoms with Crippen LogP contribution in [0.1, 0.15) is 10.6 Å². The average Bonchev–Trinajstić information content (AvgIpc) is 2.86. The van der Waals surface area contributed by atoms with Crippen LogP contribution in [0.4, 0.5) is 5.69 Å². The highest BCUT2D eigenvalue weighted by atomic mass is 32.1. The third-order valence-corrected chi connectivity index (χ3v) is 3.90. The fraction of sp³-hybridized carbons (Fsp3) is 0.308. The number of thiazole rings is 1. The van der Waals surface area contributed by atoms with Gasteiger partial charge in [-0.1, -0.05) is 6.07 Å². The van der Waals surface area contributed by atoms with Gasteiger partial charge in [0.15, 0.2) is 0 Å². The van der Waals surface area contributed by atoms with E-state index in [0.29, 0.717) is 0 Å². The van der Waals surface area contributed by atoms with Crippen LogP contribution in [0.3, 0.4) is 0 Å². The second-order valence-corrected chi connectivity index (χ2v) is 5.33. The van der Waals surface area contributed by atoms with Crippen LogP contribution >= 0.6 is 11.3 Å². The molecule has 2 aromatic rings. The van der Waals surface area contributed by atoms with Gasteiger partial charge in [0.05, 0.1) is 10.7 Å². The maximum Gasteiger partial charge on any atom is 0.0901 e. The lowest BCUT2D eigenvalue weighted by molar-refractivity contribution is 0.956. The topological polar surface area (TPSA) is 16.1 Å². The summed E-state index contributed by atoms with van der Waals surface area (Å²) in [4.78, 5) is 6.84. The maximum absolute atomic E-state index is 4.53. The van der Waals surface area contributed by atoms with Crippen LogP contribution in [-0.4, -0.2) is 18.6 Å². The van der Waals surface area contributed by atoms with Crippen molar-refractivity contribution < 1.29 is 0 Å². The van der Waals surface area contributed by atoms with E-state index in [9.17, 15) is 0 Å². The molecule has 82 valence electrons. The van der Waals surface area contributed by atoms with Gasteiger partial charge in [-0.2, -0.15) is 0 Å². The molecule has 1 aromatic carbocycles. The lowest BCUT2D eigenvalue weighted by Gasteiger charge is -2.11. The van der Waals surface area contributed by atoms with E-state index in [1.807, 2.05) is 0 Å². The lowest BCUT2D eigenvalue weighted by Crippen LogP contribution is -2.12. The first kappa shape index (κ1) is 9.85. The van der Waals surface area contributed by atoms with Crippen molar-refractivity contribution in [3.8, 4) is 11.3 Å². The molecule has 3 rings (SSSR count). The summed E-state index contributed by atoms with van der Waals surface area (Å²) in [5.41, 5.74) is 5.18. The molecule has 0 aliphatic carbocycles. The normalized spacial score (nSPS) is 14.2. The van der Waals surface area contributed by atoms with Crippen molar-refractivity contribution in [1.29, 1.82) is 0 Å². The smallest absolute Gasteiger partial charge is 0.0901 e. The molecule has 16 heavy (non-hydrogen) atoms. The minimum absolute atomic E-state index is 1.11. The Kier molecular flexibility index (Phi) is 2.21. The molecule has 0 fully saturated rings. The molecule has 0 saturated heterocycles. The summed E-state index contributed by atoms with van der Waals surface area (Å²) in [5.74, 6) is 0. The number of hydrogen-bond donors (Lipinski definition) is 0. The molecule has 0 unspecified atom stereocenters. The van der Waals surface area contributed by atoms with E-state index in [0.717, 1.165) is 23.7 Å². The van der Waals surface area contributed by atoms with Crippen LogP contribution in [0.5, 0.6) is 0 Å². The van der Waals surface area contributed by atoms with E-state index in [4.69, 9.17) is 0 Å². The van der Waals surface area contributed by atoms with Gasteiger partial charge in [0, 0.05) is 30.2 Å². The molecule has 1 aromatic heterocycles. The number of aryl methyl sites for hydroxylation is 1. The van der Waals surface area contributed by atoms with Crippen molar-refractivity contribution in [1.82, 2.24) is 4.98 Å². The van der Waals surface area contributed by atoms with Gasteiger partial charge < -0.3 is 4.90 Å². The van der Waals surface area contributed by atoms with Crippen LogP contribution in [0.15, 0.2) is 23.6 Å². The van der Waals surface area contributed by atoms with E-state index in [1.165, 1.54) is 16.8 Å². The number of likely N-dealkylation sites (N-methyl/N-ethyl adjacent to an activating group) is 1. The number of anilines is 1. The van der Waals surface area contributed by atoms with Gasteiger partial charge in [0.2, 0.25) is 0 Å². The van der Waals surface area contributed by atoms with E-state index >= 15 is 0 Å². The Morgan fingerprint density at radius 2 is 2.25 bits per heavy atom. The molecule has 0 spiro atoms. The third kappa shape index (κ3) is 1.52. The van der Waals surface area contributed by atoms with E-state index in [1.54, 1.807) is 11.3 Å². The van der Waals surface area contributed by atoms with Crippen LogP contribution in [0.25, 0.3) is 11.3 Å². The Morgan fingerprint density at radius 3 is 3.00 bits per heavy atom. The Morgan fingerprint density at radius 1 is 1.38 bits per heavy atom. The van der Waals surface area contributed by atoms with Gasteiger partial charge in [0.25, 0.3) is 0 Å². The first-order chi connectivity index (χ1) is 7.74. The molecular weight excluding hydrogens is 216 g/mol. The summed E-state index contributed by atoms with van der Waals surface area (Å²) >= 11 is 1.71. The summed E-state index contributed by atoms with van der Waals surface area (Å²) < 4.78 is 0.